The first-order valence-electron chi connectivity index (χ1n) is 5.17. The van der Waals surface area contributed by atoms with Crippen molar-refractivity contribution in [2.45, 2.75) is 6.92 Å². The van der Waals surface area contributed by atoms with E-state index in [0.29, 0.717) is 5.02 Å². The number of benzene rings is 1. The van der Waals surface area contributed by atoms with Gasteiger partial charge in [-0.2, -0.15) is 0 Å². The molecular weight excluding hydrogens is 238 g/mol. The molecule has 0 atom stereocenters. The van der Waals surface area contributed by atoms with E-state index in [-0.39, 0.29) is 0 Å². The standard InChI is InChI=1S/C13H12ClNO2/c1-8-9(6-7-12(16)17)10-4-3-5-11(14)13(10)15(8)2/h3-7H,1-2H3,(H,16,17)/b7-6+. The first-order chi connectivity index (χ1) is 8.02. The first kappa shape index (κ1) is 11.7. The van der Waals surface area contributed by atoms with E-state index in [9.17, 15) is 4.79 Å². The van der Waals surface area contributed by atoms with Gasteiger partial charge in [0, 0.05) is 29.8 Å². The van der Waals surface area contributed by atoms with Gasteiger partial charge in [-0.1, -0.05) is 23.7 Å². The second kappa shape index (κ2) is 4.26. The number of carboxylic acid groups (broad SMARTS) is 1. The molecule has 0 aliphatic rings. The third kappa shape index (κ3) is 1.94. The fraction of sp³-hybridized carbons (Fsp3) is 0.154. The van der Waals surface area contributed by atoms with Crippen molar-refractivity contribution in [1.29, 1.82) is 0 Å². The minimum Gasteiger partial charge on any atom is -0.478 e. The van der Waals surface area contributed by atoms with E-state index >= 15 is 0 Å². The van der Waals surface area contributed by atoms with Gasteiger partial charge in [0.25, 0.3) is 0 Å². The lowest BCUT2D eigenvalue weighted by Crippen LogP contribution is -1.91. The Balaban J connectivity index is 2.76. The van der Waals surface area contributed by atoms with Crippen LogP contribution in [0.1, 0.15) is 11.3 Å². The molecule has 0 saturated carbocycles. The fourth-order valence-electron chi connectivity index (χ4n) is 1.98. The van der Waals surface area contributed by atoms with Crippen LogP contribution in [0.3, 0.4) is 0 Å². The number of halogens is 1. The molecule has 0 aliphatic heterocycles. The molecule has 1 aromatic carbocycles. The van der Waals surface area contributed by atoms with Gasteiger partial charge in [-0.3, -0.25) is 0 Å². The van der Waals surface area contributed by atoms with Crippen molar-refractivity contribution in [3.05, 3.63) is 40.6 Å². The summed E-state index contributed by atoms with van der Waals surface area (Å²) < 4.78 is 1.97. The molecule has 1 aromatic heterocycles. The number of hydrogen-bond acceptors (Lipinski definition) is 1. The van der Waals surface area contributed by atoms with Crippen LogP contribution in [0.15, 0.2) is 24.3 Å². The van der Waals surface area contributed by atoms with Gasteiger partial charge in [-0.05, 0) is 19.1 Å². The molecule has 1 N–H and O–H groups in total. The minimum absolute atomic E-state index is 0.670. The Hall–Kier alpha value is -1.74. The van der Waals surface area contributed by atoms with Crippen LogP contribution in [-0.4, -0.2) is 15.6 Å². The highest BCUT2D eigenvalue weighted by Crippen LogP contribution is 2.31. The van der Waals surface area contributed by atoms with Crippen molar-refractivity contribution in [3.63, 3.8) is 0 Å². The maximum absolute atomic E-state index is 10.6. The van der Waals surface area contributed by atoms with Crippen molar-refractivity contribution >= 4 is 34.5 Å². The molecule has 0 bridgehead atoms. The van der Waals surface area contributed by atoms with Gasteiger partial charge >= 0.3 is 5.97 Å². The van der Waals surface area contributed by atoms with Gasteiger partial charge in [0.1, 0.15) is 0 Å². The van der Waals surface area contributed by atoms with E-state index in [1.54, 1.807) is 6.08 Å². The van der Waals surface area contributed by atoms with Gasteiger partial charge in [0.15, 0.2) is 0 Å². The number of para-hydroxylation sites is 1. The summed E-state index contributed by atoms with van der Waals surface area (Å²) >= 11 is 6.15. The predicted octanol–water partition coefficient (Wildman–Crippen LogP) is 3.24. The van der Waals surface area contributed by atoms with Gasteiger partial charge in [0.05, 0.1) is 10.5 Å². The number of carbonyl (C=O) groups is 1. The summed E-state index contributed by atoms with van der Waals surface area (Å²) in [4.78, 5) is 10.6. The molecule has 1 heterocycles. The fourth-order valence-corrected chi connectivity index (χ4v) is 2.28. The molecular formula is C13H12ClNO2. The zero-order valence-electron chi connectivity index (χ0n) is 9.57. The van der Waals surface area contributed by atoms with Crippen LogP contribution in [0.4, 0.5) is 0 Å². The summed E-state index contributed by atoms with van der Waals surface area (Å²) in [5, 5.41) is 10.3. The molecule has 17 heavy (non-hydrogen) atoms. The van der Waals surface area contributed by atoms with E-state index in [1.165, 1.54) is 0 Å². The van der Waals surface area contributed by atoms with Gasteiger partial charge in [-0.25, -0.2) is 4.79 Å². The molecule has 3 nitrogen and oxygen atoms in total. The highest BCUT2D eigenvalue weighted by Gasteiger charge is 2.11. The van der Waals surface area contributed by atoms with Crippen LogP contribution in [0.2, 0.25) is 5.02 Å². The highest BCUT2D eigenvalue weighted by atomic mass is 35.5. The second-order valence-corrected chi connectivity index (χ2v) is 4.27. The molecule has 88 valence electrons. The zero-order chi connectivity index (χ0) is 12.6. The average Bonchev–Trinajstić information content (AvgIpc) is 2.51. The van der Waals surface area contributed by atoms with Gasteiger partial charge < -0.3 is 9.67 Å². The number of fused-ring (bicyclic) bond motifs is 1. The second-order valence-electron chi connectivity index (χ2n) is 3.87. The van der Waals surface area contributed by atoms with E-state index in [2.05, 4.69) is 0 Å². The van der Waals surface area contributed by atoms with Crippen molar-refractivity contribution < 1.29 is 9.90 Å². The first-order valence-corrected chi connectivity index (χ1v) is 5.54. The lowest BCUT2D eigenvalue weighted by molar-refractivity contribution is -0.131. The summed E-state index contributed by atoms with van der Waals surface area (Å²) in [6.07, 6.45) is 2.75. The molecule has 0 spiro atoms. The lowest BCUT2D eigenvalue weighted by Gasteiger charge is -1.99. The number of aryl methyl sites for hydroxylation is 1. The van der Waals surface area contributed by atoms with Crippen LogP contribution >= 0.6 is 11.6 Å². The van der Waals surface area contributed by atoms with Crippen molar-refractivity contribution in [2.24, 2.45) is 7.05 Å². The van der Waals surface area contributed by atoms with E-state index in [1.807, 2.05) is 36.7 Å². The third-order valence-electron chi connectivity index (χ3n) is 2.90. The number of rotatable bonds is 2. The molecule has 0 amide bonds. The van der Waals surface area contributed by atoms with Crippen LogP contribution in [0, 0.1) is 6.92 Å². The zero-order valence-corrected chi connectivity index (χ0v) is 10.3. The number of aliphatic carboxylic acids is 1. The largest absolute Gasteiger partial charge is 0.478 e. The van der Waals surface area contributed by atoms with Crippen LogP contribution in [0.5, 0.6) is 0 Å². The van der Waals surface area contributed by atoms with Crippen molar-refractivity contribution in [1.82, 2.24) is 4.57 Å². The Morgan fingerprint density at radius 1 is 1.47 bits per heavy atom. The predicted molar refractivity (Wildman–Crippen MR) is 69.3 cm³/mol. The highest BCUT2D eigenvalue weighted by molar-refractivity contribution is 6.35. The molecule has 0 unspecified atom stereocenters. The van der Waals surface area contributed by atoms with Crippen molar-refractivity contribution in [3.8, 4) is 0 Å². The maximum atomic E-state index is 10.6. The smallest absolute Gasteiger partial charge is 0.328 e. The Labute approximate surface area is 104 Å². The molecule has 0 aliphatic carbocycles. The third-order valence-corrected chi connectivity index (χ3v) is 3.20. The summed E-state index contributed by atoms with van der Waals surface area (Å²) in [6.45, 7) is 1.94. The van der Waals surface area contributed by atoms with Crippen molar-refractivity contribution in [2.75, 3.05) is 0 Å². The summed E-state index contributed by atoms with van der Waals surface area (Å²) in [5.41, 5.74) is 2.81. The minimum atomic E-state index is -0.955. The Morgan fingerprint density at radius 3 is 2.82 bits per heavy atom. The number of aromatic nitrogens is 1. The van der Waals surface area contributed by atoms with E-state index in [0.717, 1.165) is 28.2 Å². The van der Waals surface area contributed by atoms with E-state index in [4.69, 9.17) is 16.7 Å². The molecule has 2 rings (SSSR count). The molecule has 4 heteroatoms. The molecule has 2 aromatic rings. The molecule has 0 radical (unpaired) electrons. The summed E-state index contributed by atoms with van der Waals surface area (Å²) in [7, 11) is 1.92. The maximum Gasteiger partial charge on any atom is 0.328 e. The monoisotopic (exact) mass is 249 g/mol. The number of carboxylic acids is 1. The summed E-state index contributed by atoms with van der Waals surface area (Å²) in [5.74, 6) is -0.955. The number of nitrogens with zero attached hydrogens (tertiary/aromatic N) is 1. The number of hydrogen-bond donors (Lipinski definition) is 1. The lowest BCUT2D eigenvalue weighted by atomic mass is 10.1. The molecule has 0 saturated heterocycles. The van der Waals surface area contributed by atoms with Crippen LogP contribution < -0.4 is 0 Å². The van der Waals surface area contributed by atoms with Gasteiger partial charge in [-0.15, -0.1) is 0 Å². The van der Waals surface area contributed by atoms with Crippen LogP contribution in [0.25, 0.3) is 17.0 Å². The quantitative estimate of drug-likeness (QED) is 0.831. The molecule has 0 fully saturated rings. The Bertz CT molecular complexity index is 626. The topological polar surface area (TPSA) is 42.2 Å². The SMILES string of the molecule is Cc1c(/C=C/C(=O)O)c2cccc(Cl)c2n1C. The van der Waals surface area contributed by atoms with E-state index < -0.39 is 5.97 Å². The average molecular weight is 250 g/mol. The summed E-state index contributed by atoms with van der Waals surface area (Å²) in [6, 6.07) is 5.63. The Morgan fingerprint density at radius 2 is 2.18 bits per heavy atom. The van der Waals surface area contributed by atoms with Crippen LogP contribution in [-0.2, 0) is 11.8 Å². The van der Waals surface area contributed by atoms with Gasteiger partial charge in [0.2, 0.25) is 0 Å². The Kier molecular flexibility index (Phi) is 2.94. The normalized spacial score (nSPS) is 11.5.